The van der Waals surface area contributed by atoms with E-state index in [2.05, 4.69) is 31.2 Å². The molecule has 0 saturated carbocycles. The van der Waals surface area contributed by atoms with Crippen LogP contribution < -0.4 is 4.57 Å². The Morgan fingerprint density at radius 1 is 0.875 bits per heavy atom. The van der Waals surface area contributed by atoms with Crippen LogP contribution in [0.2, 0.25) is 0 Å². The van der Waals surface area contributed by atoms with Gasteiger partial charge in [-0.05, 0) is 35.4 Å². The minimum atomic E-state index is 0.125. The average molecular weight is 312 g/mol. The fourth-order valence-electron chi connectivity index (χ4n) is 3.18. The molecule has 1 heterocycles. The summed E-state index contributed by atoms with van der Waals surface area (Å²) in [6, 6.07) is 24.3. The standard InChI is InChI=1S/C22H18NO/c1-16-12-13-23(21-9-5-4-8-20(16)21)15-22(24)19-11-10-17-6-2-3-7-18(17)14-19/h2-14H,15H2,1H3/q+1. The Morgan fingerprint density at radius 3 is 2.50 bits per heavy atom. The van der Waals surface area contributed by atoms with Crippen LogP contribution in [-0.2, 0) is 6.54 Å². The van der Waals surface area contributed by atoms with Gasteiger partial charge in [0.2, 0.25) is 17.8 Å². The van der Waals surface area contributed by atoms with Crippen LogP contribution in [0.15, 0.2) is 79.0 Å². The fourth-order valence-corrected chi connectivity index (χ4v) is 3.18. The van der Waals surface area contributed by atoms with Crippen molar-refractivity contribution >= 4 is 27.5 Å². The van der Waals surface area contributed by atoms with Gasteiger partial charge in [0.1, 0.15) is 0 Å². The summed E-state index contributed by atoms with van der Waals surface area (Å²) in [6.45, 7) is 2.44. The van der Waals surface area contributed by atoms with Crippen LogP contribution in [0.25, 0.3) is 21.7 Å². The maximum atomic E-state index is 12.8. The van der Waals surface area contributed by atoms with Crippen LogP contribution in [0.4, 0.5) is 0 Å². The van der Waals surface area contributed by atoms with E-state index in [1.165, 1.54) is 10.9 Å². The zero-order valence-corrected chi connectivity index (χ0v) is 13.6. The minimum absolute atomic E-state index is 0.125. The van der Waals surface area contributed by atoms with Crippen LogP contribution in [0.3, 0.4) is 0 Å². The Kier molecular flexibility index (Phi) is 3.58. The summed E-state index contributed by atoms with van der Waals surface area (Å²) in [4.78, 5) is 12.8. The quantitative estimate of drug-likeness (QED) is 0.404. The molecule has 0 spiro atoms. The third kappa shape index (κ3) is 2.56. The maximum Gasteiger partial charge on any atom is 0.227 e. The second-order valence-electron chi connectivity index (χ2n) is 6.13. The predicted octanol–water partition coefficient (Wildman–Crippen LogP) is 4.47. The highest BCUT2D eigenvalue weighted by molar-refractivity contribution is 5.99. The van der Waals surface area contributed by atoms with Crippen LogP contribution in [-0.4, -0.2) is 5.78 Å². The van der Waals surface area contributed by atoms with Crippen molar-refractivity contribution < 1.29 is 9.36 Å². The number of para-hydroxylation sites is 1. The molecule has 4 aromatic rings. The zero-order chi connectivity index (χ0) is 16.5. The number of hydrogen-bond donors (Lipinski definition) is 0. The van der Waals surface area contributed by atoms with Crippen molar-refractivity contribution in [2.45, 2.75) is 13.5 Å². The summed E-state index contributed by atoms with van der Waals surface area (Å²) in [7, 11) is 0. The molecule has 3 aromatic carbocycles. The first-order valence-electron chi connectivity index (χ1n) is 8.12. The number of pyridine rings is 1. The molecule has 0 amide bonds. The number of ketones is 1. The lowest BCUT2D eigenvalue weighted by Crippen LogP contribution is -2.38. The van der Waals surface area contributed by atoms with Gasteiger partial charge in [0, 0.05) is 23.1 Å². The number of Topliss-reactive ketones (excluding diaryl/α,β-unsaturated/α-hetero) is 1. The van der Waals surface area contributed by atoms with Gasteiger partial charge in [-0.15, -0.1) is 0 Å². The van der Waals surface area contributed by atoms with Gasteiger partial charge < -0.3 is 0 Å². The molecule has 2 heteroatoms. The van der Waals surface area contributed by atoms with E-state index in [-0.39, 0.29) is 5.78 Å². The summed E-state index contributed by atoms with van der Waals surface area (Å²) in [5.41, 5.74) is 3.07. The lowest BCUT2D eigenvalue weighted by molar-refractivity contribution is -0.657. The van der Waals surface area contributed by atoms with E-state index in [1.54, 1.807) is 0 Å². The van der Waals surface area contributed by atoms with Crippen LogP contribution in [0.5, 0.6) is 0 Å². The zero-order valence-electron chi connectivity index (χ0n) is 13.6. The Hall–Kier alpha value is -3.00. The molecule has 0 aliphatic heterocycles. The van der Waals surface area contributed by atoms with E-state index >= 15 is 0 Å². The molecule has 0 radical (unpaired) electrons. The van der Waals surface area contributed by atoms with Crippen molar-refractivity contribution in [1.82, 2.24) is 0 Å². The highest BCUT2D eigenvalue weighted by Gasteiger charge is 2.16. The number of benzene rings is 3. The molecule has 2 nitrogen and oxygen atoms in total. The summed E-state index contributed by atoms with van der Waals surface area (Å²) in [5, 5.41) is 3.44. The molecule has 0 unspecified atom stereocenters. The first-order valence-corrected chi connectivity index (χ1v) is 8.12. The van der Waals surface area contributed by atoms with Crippen molar-refractivity contribution in [3.63, 3.8) is 0 Å². The molecule has 0 atom stereocenters. The number of hydrogen-bond acceptors (Lipinski definition) is 1. The smallest absolute Gasteiger partial charge is 0.227 e. The number of nitrogens with zero attached hydrogens (tertiary/aromatic N) is 1. The van der Waals surface area contributed by atoms with E-state index in [0.29, 0.717) is 6.54 Å². The third-order valence-corrected chi connectivity index (χ3v) is 4.53. The van der Waals surface area contributed by atoms with Gasteiger partial charge in [-0.1, -0.05) is 48.5 Å². The molecule has 0 aliphatic rings. The topological polar surface area (TPSA) is 20.9 Å². The number of carbonyl (C=O) groups is 1. The summed E-state index contributed by atoms with van der Waals surface area (Å²) in [6.07, 6.45) is 2.00. The Balaban J connectivity index is 1.72. The SMILES string of the molecule is Cc1cc[n+](CC(=O)c2ccc3ccccc3c2)c2ccccc12. The second-order valence-corrected chi connectivity index (χ2v) is 6.13. The molecular formula is C22H18NO+. The highest BCUT2D eigenvalue weighted by Crippen LogP contribution is 2.17. The minimum Gasteiger partial charge on any atom is -0.287 e. The number of aromatic nitrogens is 1. The van der Waals surface area contributed by atoms with Gasteiger partial charge in [0.15, 0.2) is 6.20 Å². The normalized spacial score (nSPS) is 11.0. The molecule has 0 N–H and O–H groups in total. The van der Waals surface area contributed by atoms with Crippen LogP contribution in [0.1, 0.15) is 15.9 Å². The van der Waals surface area contributed by atoms with Crippen LogP contribution >= 0.6 is 0 Å². The molecule has 116 valence electrons. The van der Waals surface area contributed by atoms with Gasteiger partial charge in [-0.25, -0.2) is 0 Å². The third-order valence-electron chi connectivity index (χ3n) is 4.53. The average Bonchev–Trinajstić information content (AvgIpc) is 2.64. The predicted molar refractivity (Wildman–Crippen MR) is 97.2 cm³/mol. The number of fused-ring (bicyclic) bond motifs is 2. The molecule has 1 aromatic heterocycles. The first-order chi connectivity index (χ1) is 11.7. The molecule has 0 fully saturated rings. The largest absolute Gasteiger partial charge is 0.287 e. The van der Waals surface area contributed by atoms with Gasteiger partial charge in [0.25, 0.3) is 0 Å². The Morgan fingerprint density at radius 2 is 1.62 bits per heavy atom. The lowest BCUT2D eigenvalue weighted by Gasteiger charge is -2.05. The fraction of sp³-hybridized carbons (Fsp3) is 0.0909. The highest BCUT2D eigenvalue weighted by atomic mass is 16.1. The summed E-state index contributed by atoms with van der Waals surface area (Å²) >= 11 is 0. The van der Waals surface area contributed by atoms with Crippen LogP contribution in [0, 0.1) is 6.92 Å². The number of carbonyl (C=O) groups excluding carboxylic acids is 1. The van der Waals surface area contributed by atoms with E-state index in [9.17, 15) is 4.79 Å². The Labute approximate surface area is 141 Å². The lowest BCUT2D eigenvalue weighted by atomic mass is 10.0. The van der Waals surface area contributed by atoms with E-state index < -0.39 is 0 Å². The van der Waals surface area contributed by atoms with E-state index in [1.807, 2.05) is 59.3 Å². The molecule has 0 bridgehead atoms. The number of rotatable bonds is 3. The van der Waals surface area contributed by atoms with Crippen molar-refractivity contribution in [2.75, 3.05) is 0 Å². The molecule has 0 aliphatic carbocycles. The molecule has 0 saturated heterocycles. The van der Waals surface area contributed by atoms with Gasteiger partial charge in [-0.2, -0.15) is 4.57 Å². The van der Waals surface area contributed by atoms with E-state index in [4.69, 9.17) is 0 Å². The van der Waals surface area contributed by atoms with Gasteiger partial charge in [0.05, 0.1) is 0 Å². The van der Waals surface area contributed by atoms with Gasteiger partial charge in [-0.3, -0.25) is 4.79 Å². The van der Waals surface area contributed by atoms with E-state index in [0.717, 1.165) is 21.9 Å². The maximum absolute atomic E-state index is 12.8. The van der Waals surface area contributed by atoms with Crippen molar-refractivity contribution in [3.05, 3.63) is 90.1 Å². The van der Waals surface area contributed by atoms with Gasteiger partial charge >= 0.3 is 0 Å². The molecule has 4 rings (SSSR count). The van der Waals surface area contributed by atoms with Crippen molar-refractivity contribution in [3.8, 4) is 0 Å². The monoisotopic (exact) mass is 312 g/mol. The molecule has 24 heavy (non-hydrogen) atoms. The second kappa shape index (κ2) is 5.89. The molecular weight excluding hydrogens is 294 g/mol. The first kappa shape index (κ1) is 14.6. The summed E-state index contributed by atoms with van der Waals surface area (Å²) < 4.78 is 2.03. The summed E-state index contributed by atoms with van der Waals surface area (Å²) in [5.74, 6) is 0.125. The van der Waals surface area contributed by atoms with Crippen molar-refractivity contribution in [2.24, 2.45) is 0 Å². The number of aryl methyl sites for hydroxylation is 1. The van der Waals surface area contributed by atoms with Crippen molar-refractivity contribution in [1.29, 1.82) is 0 Å². The Bertz CT molecular complexity index is 1070.